The summed E-state index contributed by atoms with van der Waals surface area (Å²) in [5.74, 6) is 0. The minimum absolute atomic E-state index is 0.569. The summed E-state index contributed by atoms with van der Waals surface area (Å²) in [7, 11) is 5.67. The molecule has 9 heavy (non-hydrogen) atoms. The fourth-order valence-electron chi connectivity index (χ4n) is 0.517. The average Bonchev–Trinajstić information content (AvgIpc) is 2.43. The molecule has 0 aromatic rings. The van der Waals surface area contributed by atoms with Crippen molar-refractivity contribution in [3.05, 3.63) is 21.5 Å². The van der Waals surface area contributed by atoms with Gasteiger partial charge in [0.15, 0.2) is 0 Å². The monoisotopic (exact) mass is 240 g/mol. The molecule has 50 valence electrons. The Morgan fingerprint density at radius 2 is 2.22 bits per heavy atom. The Balaban J connectivity index is 0.000000291. The quantitative estimate of drug-likeness (QED) is 0.620. The molecule has 0 aromatic heterocycles. The van der Waals surface area contributed by atoms with Gasteiger partial charge in [0, 0.05) is 6.38 Å². The van der Waals surface area contributed by atoms with Gasteiger partial charge in [-0.3, -0.25) is 0 Å². The topological polar surface area (TPSA) is 0 Å². The van der Waals surface area contributed by atoms with E-state index in [4.69, 9.17) is 8.51 Å². The summed E-state index contributed by atoms with van der Waals surface area (Å²) < 4.78 is 1.49. The average molecular weight is 242 g/mol. The van der Waals surface area contributed by atoms with Crippen LogP contribution in [0.2, 0.25) is 0 Å². The summed E-state index contributed by atoms with van der Waals surface area (Å²) in [4.78, 5) is 0. The van der Waals surface area contributed by atoms with Crippen LogP contribution in [0.25, 0.3) is 0 Å². The Labute approximate surface area is 76.0 Å². The molecule has 0 fully saturated rings. The van der Waals surface area contributed by atoms with Crippen LogP contribution >= 0.6 is 20.1 Å². The van der Waals surface area contributed by atoms with Crippen molar-refractivity contribution in [3.63, 3.8) is 0 Å². The number of allylic oxidation sites excluding steroid dienone is 4. The van der Waals surface area contributed by atoms with Crippen LogP contribution in [-0.2, 0) is 22.0 Å². The second kappa shape index (κ2) is 7.05. The molecule has 1 aliphatic carbocycles. The van der Waals surface area contributed by atoms with Crippen molar-refractivity contribution in [1.29, 1.82) is 0 Å². The molecule has 0 spiro atoms. The van der Waals surface area contributed by atoms with Gasteiger partial charge >= 0.3 is 58.5 Å². The van der Waals surface area contributed by atoms with Crippen LogP contribution in [0.3, 0.4) is 0 Å². The molecule has 0 unspecified atom stereocenters. The molecule has 0 saturated heterocycles. The molecule has 1 aliphatic rings. The van der Waals surface area contributed by atoms with Crippen LogP contribution in [0.4, 0.5) is 0 Å². The van der Waals surface area contributed by atoms with Gasteiger partial charge in [0.1, 0.15) is 0 Å². The van der Waals surface area contributed by atoms with E-state index in [0.717, 1.165) is 6.42 Å². The summed E-state index contributed by atoms with van der Waals surface area (Å²) in [6.07, 6.45) is 8.98. The summed E-state index contributed by atoms with van der Waals surface area (Å²) in [6.45, 7) is 0. The second-order valence-corrected chi connectivity index (χ2v) is 4.58. The van der Waals surface area contributed by atoms with E-state index in [2.05, 4.69) is 29.8 Å². The Morgan fingerprint density at radius 1 is 1.56 bits per heavy atom. The third-order valence-corrected chi connectivity index (χ3v) is 3.84. The first-order valence-electron chi connectivity index (χ1n) is 2.53. The molecule has 1 rings (SSSR count). The van der Waals surface area contributed by atoms with E-state index < -0.39 is 22.0 Å². The zero-order valence-electron chi connectivity index (χ0n) is 5.20. The summed E-state index contributed by atoms with van der Waals surface area (Å²) in [5, 5.41) is 0. The zero-order chi connectivity index (χ0) is 7.11. The van der Waals surface area contributed by atoms with E-state index in [0.29, 0.717) is 0 Å². The van der Waals surface area contributed by atoms with Gasteiger partial charge in [0.25, 0.3) is 0 Å². The Hall–Kier alpha value is 0.943. The van der Waals surface area contributed by atoms with Crippen LogP contribution in [0, 0.1) is 0 Å². The molecular weight excluding hydrogens is 234 g/mol. The maximum absolute atomic E-state index is 5.67. The zero-order valence-corrected chi connectivity index (χ0v) is 9.16. The molecular formula is C6H8Cl2Zr. The predicted octanol–water partition coefficient (Wildman–Crippen LogP) is 2.92. The molecule has 0 N–H and O–H groups in total. The first kappa shape index (κ1) is 9.94. The van der Waals surface area contributed by atoms with Gasteiger partial charge in [0.05, 0.1) is 0 Å². The molecule has 0 nitrogen and oxygen atoms in total. The van der Waals surface area contributed by atoms with Gasteiger partial charge in [-0.1, -0.05) is 0 Å². The van der Waals surface area contributed by atoms with E-state index in [1.165, 1.54) is 9.66 Å². The molecule has 3 heteroatoms. The molecule has 0 radical (unpaired) electrons. The van der Waals surface area contributed by atoms with Crippen LogP contribution in [0.15, 0.2) is 21.5 Å². The van der Waals surface area contributed by atoms with E-state index in [1.807, 2.05) is 0 Å². The van der Waals surface area contributed by atoms with Gasteiger partial charge in [-0.25, -0.2) is 0 Å². The standard InChI is InChI=1S/C5H5.CH3Cl.ClH.Zr/c1-2-4-5-3-1;1-2;;/h1-3H,4H2;1H3;1H;/q;;;+1/p-1. The number of halogens is 2. The van der Waals surface area contributed by atoms with Gasteiger partial charge in [0.2, 0.25) is 0 Å². The van der Waals surface area contributed by atoms with Crippen LogP contribution < -0.4 is 0 Å². The van der Waals surface area contributed by atoms with Crippen molar-refractivity contribution in [1.82, 2.24) is 0 Å². The first-order valence-corrected chi connectivity index (χ1v) is 7.68. The van der Waals surface area contributed by atoms with Crippen LogP contribution in [0.5, 0.6) is 0 Å². The Kier molecular flexibility index (Phi) is 7.79. The van der Waals surface area contributed by atoms with Gasteiger partial charge < -0.3 is 0 Å². The molecule has 0 amide bonds. The summed E-state index contributed by atoms with van der Waals surface area (Å²) >= 11 is 4.07. The Morgan fingerprint density at radius 3 is 2.44 bits per heavy atom. The maximum atomic E-state index is 5.67. The molecule has 0 aromatic carbocycles. The van der Waals surface area contributed by atoms with E-state index >= 15 is 0 Å². The Bertz CT molecular complexity index is 118. The summed E-state index contributed by atoms with van der Waals surface area (Å²) in [5.41, 5.74) is 0. The third-order valence-electron chi connectivity index (χ3n) is 0.893. The van der Waals surface area contributed by atoms with E-state index in [1.54, 1.807) is 0 Å². The number of hydrogen-bond acceptors (Lipinski definition) is 0. The van der Waals surface area contributed by atoms with Crippen molar-refractivity contribution in [3.8, 4) is 0 Å². The van der Waals surface area contributed by atoms with Gasteiger partial charge in [-0.15, -0.1) is 11.6 Å². The fraction of sp³-hybridized carbons (Fsp3) is 0.333. The normalized spacial score (nSPS) is 13.9. The molecule has 0 atom stereocenters. The second-order valence-electron chi connectivity index (χ2n) is 1.42. The van der Waals surface area contributed by atoms with E-state index in [9.17, 15) is 0 Å². The number of hydrogen-bond donors (Lipinski definition) is 0. The number of rotatable bonds is 1. The molecule has 0 heterocycles. The van der Waals surface area contributed by atoms with Gasteiger partial charge in [-0.2, -0.15) is 0 Å². The predicted molar refractivity (Wildman–Crippen MR) is 39.5 cm³/mol. The molecule has 0 aliphatic heterocycles. The number of alkyl halides is 1. The third kappa shape index (κ3) is 4.36. The minimum atomic E-state index is -0.569. The van der Waals surface area contributed by atoms with Crippen molar-refractivity contribution in [2.75, 3.05) is 6.38 Å². The van der Waals surface area contributed by atoms with Crippen LogP contribution in [-0.4, -0.2) is 6.38 Å². The van der Waals surface area contributed by atoms with Gasteiger partial charge in [-0.05, 0) is 0 Å². The molecule has 0 saturated carbocycles. The SMILES string of the molecule is CCl.[Cl][Zr][C]1=CC=CC1. The van der Waals surface area contributed by atoms with Crippen molar-refractivity contribution in [2.24, 2.45) is 0 Å². The van der Waals surface area contributed by atoms with Crippen molar-refractivity contribution in [2.45, 2.75) is 6.42 Å². The molecule has 0 bridgehead atoms. The summed E-state index contributed by atoms with van der Waals surface area (Å²) in [6, 6.07) is 0. The van der Waals surface area contributed by atoms with Crippen molar-refractivity contribution < 1.29 is 22.0 Å². The van der Waals surface area contributed by atoms with Crippen LogP contribution in [0.1, 0.15) is 6.42 Å². The fourth-order valence-corrected chi connectivity index (χ4v) is 2.22. The van der Waals surface area contributed by atoms with Crippen molar-refractivity contribution >= 4 is 20.1 Å². The van der Waals surface area contributed by atoms with E-state index in [-0.39, 0.29) is 0 Å². The first-order chi connectivity index (χ1) is 4.43.